The van der Waals surface area contributed by atoms with E-state index in [1.165, 1.54) is 0 Å². The normalized spacial score (nSPS) is 8.88. The van der Waals surface area contributed by atoms with Crippen molar-refractivity contribution < 1.29 is 15.0 Å². The Kier molecular flexibility index (Phi) is 6.68. The Hall–Kier alpha value is -1.77. The molecule has 0 fully saturated rings. The van der Waals surface area contributed by atoms with Crippen molar-refractivity contribution in [3.8, 4) is 0 Å². The molecular formula is C13H18O3. The van der Waals surface area contributed by atoms with Gasteiger partial charge in [-0.1, -0.05) is 44.7 Å². The Morgan fingerprint density at radius 2 is 1.44 bits per heavy atom. The minimum absolute atomic E-state index is 0.0281. The van der Waals surface area contributed by atoms with Crippen molar-refractivity contribution >= 4 is 5.97 Å². The number of carboxylic acids is 1. The van der Waals surface area contributed by atoms with Gasteiger partial charge in [-0.3, -0.25) is 4.79 Å². The summed E-state index contributed by atoms with van der Waals surface area (Å²) in [6.07, 6.45) is 0.438. The number of hydrogen-bond acceptors (Lipinski definition) is 2. The minimum atomic E-state index is -0.843. The Balaban J connectivity index is 0.00000106. The topological polar surface area (TPSA) is 57.5 Å². The van der Waals surface area contributed by atoms with Crippen LogP contribution >= 0.6 is 0 Å². The van der Waals surface area contributed by atoms with E-state index < -0.39 is 5.97 Å². The molecule has 0 radical (unpaired) electrons. The molecule has 16 heavy (non-hydrogen) atoms. The number of carbonyl (C=O) groups is 1. The number of rotatable bonds is 4. The molecule has 1 aromatic rings. The second kappa shape index (κ2) is 7.51. The number of aliphatic hydroxyl groups excluding tert-OH is 1. The number of allylic oxidation sites excluding steroid dienone is 1. The van der Waals surface area contributed by atoms with Crippen LogP contribution in [0.2, 0.25) is 0 Å². The Morgan fingerprint density at radius 1 is 1.06 bits per heavy atom. The fourth-order valence-corrected chi connectivity index (χ4v) is 1.19. The monoisotopic (exact) mass is 222 g/mol. The van der Waals surface area contributed by atoms with Crippen LogP contribution < -0.4 is 0 Å². The highest BCUT2D eigenvalue weighted by atomic mass is 16.4. The lowest BCUT2D eigenvalue weighted by Crippen LogP contribution is -1.99. The predicted octanol–water partition coefficient (Wildman–Crippen LogP) is 2.95. The molecule has 88 valence electrons. The zero-order valence-electron chi connectivity index (χ0n) is 9.73. The smallest absolute Gasteiger partial charge is 0.307 e. The molecule has 0 saturated heterocycles. The third-order valence-corrected chi connectivity index (χ3v) is 1.79. The molecule has 0 saturated carbocycles. The van der Waals surface area contributed by atoms with Crippen molar-refractivity contribution in [2.45, 2.75) is 26.7 Å². The summed E-state index contributed by atoms with van der Waals surface area (Å²) in [7, 11) is 0. The van der Waals surface area contributed by atoms with Crippen LogP contribution in [0, 0.1) is 0 Å². The van der Waals surface area contributed by atoms with Crippen LogP contribution in [0.1, 0.15) is 25.0 Å². The molecule has 0 atom stereocenters. The predicted molar refractivity (Wildman–Crippen MR) is 64.6 cm³/mol. The molecular weight excluding hydrogens is 204 g/mol. The van der Waals surface area contributed by atoms with Crippen LogP contribution in [0.3, 0.4) is 0 Å². The summed E-state index contributed by atoms with van der Waals surface area (Å²) in [6.45, 7) is 7.38. The Morgan fingerprint density at radius 3 is 1.75 bits per heavy atom. The van der Waals surface area contributed by atoms with Crippen molar-refractivity contribution in [1.82, 2.24) is 0 Å². The third kappa shape index (κ3) is 5.86. The first-order chi connectivity index (χ1) is 7.58. The van der Waals surface area contributed by atoms with Gasteiger partial charge in [-0.15, -0.1) is 0 Å². The van der Waals surface area contributed by atoms with Gasteiger partial charge < -0.3 is 10.2 Å². The summed E-state index contributed by atoms with van der Waals surface area (Å²) in [5.74, 6) is -0.736. The van der Waals surface area contributed by atoms with Crippen molar-refractivity contribution in [2.75, 3.05) is 0 Å². The lowest BCUT2D eigenvalue weighted by Gasteiger charge is -2.01. The minimum Gasteiger partial charge on any atom is -0.513 e. The molecule has 3 nitrogen and oxygen atoms in total. The summed E-state index contributed by atoms with van der Waals surface area (Å²) in [6, 6.07) is 7.07. The fourth-order valence-electron chi connectivity index (χ4n) is 1.19. The first-order valence-electron chi connectivity index (χ1n) is 5.24. The summed E-state index contributed by atoms with van der Waals surface area (Å²) < 4.78 is 0. The van der Waals surface area contributed by atoms with E-state index in [0.717, 1.165) is 11.1 Å². The summed E-state index contributed by atoms with van der Waals surface area (Å²) in [5, 5.41) is 17.5. The second-order valence-electron chi connectivity index (χ2n) is 3.13. The van der Waals surface area contributed by atoms with Gasteiger partial charge >= 0.3 is 5.97 Å². The highest BCUT2D eigenvalue weighted by molar-refractivity contribution is 5.70. The fraction of sp³-hybridized carbons (Fsp3) is 0.308. The van der Waals surface area contributed by atoms with Crippen LogP contribution in [0.4, 0.5) is 0 Å². The van der Waals surface area contributed by atoms with Crippen LogP contribution in [0.25, 0.3) is 0 Å². The van der Waals surface area contributed by atoms with E-state index in [2.05, 4.69) is 6.58 Å². The molecule has 0 aliphatic heterocycles. The maximum absolute atomic E-state index is 10.4. The average molecular weight is 222 g/mol. The van der Waals surface area contributed by atoms with Crippen LogP contribution in [-0.2, 0) is 17.6 Å². The van der Waals surface area contributed by atoms with Gasteiger partial charge in [0.1, 0.15) is 0 Å². The Bertz CT molecular complexity index is 304. The quantitative estimate of drug-likeness (QED) is 0.770. The summed E-state index contributed by atoms with van der Waals surface area (Å²) >= 11 is 0. The van der Waals surface area contributed by atoms with Crippen LogP contribution in [0.15, 0.2) is 36.6 Å². The van der Waals surface area contributed by atoms with E-state index in [-0.39, 0.29) is 12.2 Å². The molecule has 0 spiro atoms. The first kappa shape index (κ1) is 14.2. The molecule has 1 aromatic carbocycles. The van der Waals surface area contributed by atoms with Gasteiger partial charge in [0.15, 0.2) is 0 Å². The van der Waals surface area contributed by atoms with E-state index in [1.54, 1.807) is 24.3 Å². The first-order valence-corrected chi connectivity index (χ1v) is 5.24. The van der Waals surface area contributed by atoms with E-state index >= 15 is 0 Å². The SMILES string of the molecule is C=C(O)Cc1ccc(CC(=O)O)cc1.CC. The largest absolute Gasteiger partial charge is 0.513 e. The van der Waals surface area contributed by atoms with E-state index in [9.17, 15) is 4.79 Å². The van der Waals surface area contributed by atoms with Crippen molar-refractivity contribution in [2.24, 2.45) is 0 Å². The van der Waals surface area contributed by atoms with Crippen molar-refractivity contribution in [3.63, 3.8) is 0 Å². The zero-order chi connectivity index (χ0) is 12.6. The van der Waals surface area contributed by atoms with Crippen LogP contribution in [0.5, 0.6) is 0 Å². The molecule has 0 aliphatic carbocycles. The third-order valence-electron chi connectivity index (χ3n) is 1.79. The molecule has 0 bridgehead atoms. The number of hydrogen-bond donors (Lipinski definition) is 2. The van der Waals surface area contributed by atoms with Gasteiger partial charge in [-0.25, -0.2) is 0 Å². The standard InChI is InChI=1S/C11H12O3.C2H6/c1-8(12)6-9-2-4-10(5-3-9)7-11(13)14;1-2/h2-5,12H,1,6-7H2,(H,13,14);1-2H3. The summed E-state index contributed by atoms with van der Waals surface area (Å²) in [4.78, 5) is 10.4. The molecule has 0 amide bonds. The van der Waals surface area contributed by atoms with Gasteiger partial charge in [0, 0.05) is 6.42 Å². The van der Waals surface area contributed by atoms with Gasteiger partial charge in [0.2, 0.25) is 0 Å². The maximum atomic E-state index is 10.4. The molecule has 2 N–H and O–H groups in total. The van der Waals surface area contributed by atoms with Gasteiger partial charge in [0.05, 0.1) is 12.2 Å². The number of aliphatic hydroxyl groups is 1. The van der Waals surface area contributed by atoms with E-state index in [4.69, 9.17) is 10.2 Å². The number of carboxylic acid groups (broad SMARTS) is 1. The molecule has 0 heterocycles. The zero-order valence-corrected chi connectivity index (χ0v) is 9.73. The van der Waals surface area contributed by atoms with Gasteiger partial charge in [-0.2, -0.15) is 0 Å². The number of aliphatic carboxylic acids is 1. The van der Waals surface area contributed by atoms with E-state index in [0.29, 0.717) is 6.42 Å². The average Bonchev–Trinajstić information content (AvgIpc) is 2.22. The molecule has 3 heteroatoms. The van der Waals surface area contributed by atoms with Crippen LogP contribution in [-0.4, -0.2) is 16.2 Å². The molecule has 0 aromatic heterocycles. The summed E-state index contributed by atoms with van der Waals surface area (Å²) in [5.41, 5.74) is 1.68. The Labute approximate surface area is 96.1 Å². The lowest BCUT2D eigenvalue weighted by atomic mass is 10.1. The molecule has 1 rings (SSSR count). The molecule has 0 unspecified atom stereocenters. The highest BCUT2D eigenvalue weighted by Crippen LogP contribution is 2.08. The lowest BCUT2D eigenvalue weighted by molar-refractivity contribution is -0.136. The van der Waals surface area contributed by atoms with Gasteiger partial charge in [0.25, 0.3) is 0 Å². The van der Waals surface area contributed by atoms with E-state index in [1.807, 2.05) is 13.8 Å². The van der Waals surface area contributed by atoms with Crippen molar-refractivity contribution in [1.29, 1.82) is 0 Å². The second-order valence-corrected chi connectivity index (χ2v) is 3.13. The maximum Gasteiger partial charge on any atom is 0.307 e. The number of benzene rings is 1. The van der Waals surface area contributed by atoms with Gasteiger partial charge in [-0.05, 0) is 11.1 Å². The van der Waals surface area contributed by atoms with Crippen molar-refractivity contribution in [3.05, 3.63) is 47.7 Å². The molecule has 0 aliphatic rings. The highest BCUT2D eigenvalue weighted by Gasteiger charge is 2.00.